The standard InChI is InChI=1S/C16H30O5/c1-6-11(13(17)8-14(18)19-4)9-16(3)10-12(7-2)15(20-5)21-16/h11-13,15,17H,6-10H2,1-5H3. The molecular weight excluding hydrogens is 272 g/mol. The summed E-state index contributed by atoms with van der Waals surface area (Å²) in [6, 6.07) is 0. The lowest BCUT2D eigenvalue weighted by Crippen LogP contribution is -2.34. The van der Waals surface area contributed by atoms with E-state index >= 15 is 0 Å². The number of ether oxygens (including phenoxy) is 3. The van der Waals surface area contributed by atoms with Gasteiger partial charge in [0.15, 0.2) is 6.29 Å². The Bertz CT molecular complexity index is 319. The largest absolute Gasteiger partial charge is 0.469 e. The minimum Gasteiger partial charge on any atom is -0.469 e. The summed E-state index contributed by atoms with van der Waals surface area (Å²) in [5.41, 5.74) is -0.306. The van der Waals surface area contributed by atoms with E-state index in [-0.39, 0.29) is 30.2 Å². The Morgan fingerprint density at radius 3 is 2.52 bits per heavy atom. The lowest BCUT2D eigenvalue weighted by molar-refractivity contribution is -0.169. The molecule has 5 unspecified atom stereocenters. The molecule has 0 amide bonds. The van der Waals surface area contributed by atoms with E-state index in [2.05, 4.69) is 18.6 Å². The molecule has 5 nitrogen and oxygen atoms in total. The van der Waals surface area contributed by atoms with Crippen molar-refractivity contribution in [2.75, 3.05) is 14.2 Å². The number of methoxy groups -OCH3 is 2. The van der Waals surface area contributed by atoms with Crippen molar-refractivity contribution in [2.45, 2.75) is 70.9 Å². The van der Waals surface area contributed by atoms with Crippen LogP contribution < -0.4 is 0 Å². The highest BCUT2D eigenvalue weighted by molar-refractivity contribution is 5.69. The van der Waals surface area contributed by atoms with Crippen molar-refractivity contribution in [1.82, 2.24) is 0 Å². The van der Waals surface area contributed by atoms with Crippen LogP contribution >= 0.6 is 0 Å². The third kappa shape index (κ3) is 4.94. The Morgan fingerprint density at radius 1 is 1.43 bits per heavy atom. The van der Waals surface area contributed by atoms with E-state index < -0.39 is 6.10 Å². The molecule has 1 saturated heterocycles. The maximum atomic E-state index is 11.3. The van der Waals surface area contributed by atoms with Crippen molar-refractivity contribution in [3.05, 3.63) is 0 Å². The Balaban J connectivity index is 2.65. The van der Waals surface area contributed by atoms with E-state index in [9.17, 15) is 9.90 Å². The highest BCUT2D eigenvalue weighted by Gasteiger charge is 2.44. The molecule has 0 spiro atoms. The second kappa shape index (κ2) is 8.11. The fraction of sp³-hybridized carbons (Fsp3) is 0.938. The average Bonchev–Trinajstić information content (AvgIpc) is 2.81. The van der Waals surface area contributed by atoms with E-state index in [1.54, 1.807) is 7.11 Å². The summed E-state index contributed by atoms with van der Waals surface area (Å²) >= 11 is 0. The van der Waals surface area contributed by atoms with Crippen molar-refractivity contribution < 1.29 is 24.1 Å². The van der Waals surface area contributed by atoms with Gasteiger partial charge >= 0.3 is 5.97 Å². The Kier molecular flexibility index (Phi) is 7.10. The van der Waals surface area contributed by atoms with Crippen molar-refractivity contribution in [3.63, 3.8) is 0 Å². The molecule has 1 N–H and O–H groups in total. The van der Waals surface area contributed by atoms with Gasteiger partial charge in [0.25, 0.3) is 0 Å². The molecule has 0 aliphatic carbocycles. The van der Waals surface area contributed by atoms with Gasteiger partial charge in [-0.1, -0.05) is 20.3 Å². The fourth-order valence-corrected chi connectivity index (χ4v) is 3.31. The molecule has 1 heterocycles. The number of aliphatic hydroxyl groups is 1. The van der Waals surface area contributed by atoms with Crippen molar-refractivity contribution in [3.8, 4) is 0 Å². The first-order valence-corrected chi connectivity index (χ1v) is 7.84. The molecule has 5 heteroatoms. The SMILES string of the molecule is CCC(CC1(C)CC(CC)C(OC)O1)C(O)CC(=O)OC. The molecule has 0 aromatic rings. The minimum absolute atomic E-state index is 0.0159. The average molecular weight is 302 g/mol. The van der Waals surface area contributed by atoms with Crippen LogP contribution in [0.4, 0.5) is 0 Å². The zero-order valence-electron chi connectivity index (χ0n) is 13.9. The van der Waals surface area contributed by atoms with E-state index in [4.69, 9.17) is 9.47 Å². The summed E-state index contributed by atoms with van der Waals surface area (Å²) in [7, 11) is 3.01. The van der Waals surface area contributed by atoms with E-state index in [1.807, 2.05) is 6.92 Å². The van der Waals surface area contributed by atoms with Crippen LogP contribution in [0.1, 0.15) is 52.9 Å². The predicted octanol–water partition coefficient (Wildman–Crippen LogP) is 2.50. The number of carbonyl (C=O) groups is 1. The van der Waals surface area contributed by atoms with E-state index in [0.29, 0.717) is 5.92 Å². The minimum atomic E-state index is -0.690. The van der Waals surface area contributed by atoms with Gasteiger partial charge < -0.3 is 19.3 Å². The molecular formula is C16H30O5. The fourth-order valence-electron chi connectivity index (χ4n) is 3.31. The summed E-state index contributed by atoms with van der Waals surface area (Å²) in [5, 5.41) is 10.2. The van der Waals surface area contributed by atoms with Crippen LogP contribution in [0.3, 0.4) is 0 Å². The van der Waals surface area contributed by atoms with Gasteiger partial charge in [-0.3, -0.25) is 4.79 Å². The third-order valence-electron chi connectivity index (χ3n) is 4.60. The zero-order valence-corrected chi connectivity index (χ0v) is 13.9. The number of carbonyl (C=O) groups excluding carboxylic acids is 1. The molecule has 0 aromatic carbocycles. The number of hydrogen-bond acceptors (Lipinski definition) is 5. The van der Waals surface area contributed by atoms with Crippen LogP contribution in [-0.4, -0.2) is 43.3 Å². The highest BCUT2D eigenvalue weighted by atomic mass is 16.7. The first-order valence-electron chi connectivity index (χ1n) is 7.84. The van der Waals surface area contributed by atoms with E-state index in [1.165, 1.54) is 7.11 Å². The van der Waals surface area contributed by atoms with Crippen LogP contribution in [-0.2, 0) is 19.0 Å². The van der Waals surface area contributed by atoms with Gasteiger partial charge in [0.2, 0.25) is 0 Å². The van der Waals surface area contributed by atoms with Crippen molar-refractivity contribution in [2.24, 2.45) is 11.8 Å². The molecule has 0 bridgehead atoms. The molecule has 1 fully saturated rings. The predicted molar refractivity (Wildman–Crippen MR) is 79.7 cm³/mol. The lowest BCUT2D eigenvalue weighted by atomic mass is 9.82. The van der Waals surface area contributed by atoms with Crippen LogP contribution in [0.2, 0.25) is 0 Å². The summed E-state index contributed by atoms with van der Waals surface area (Å²) in [5.74, 6) is 0.0251. The molecule has 1 rings (SSSR count). The van der Waals surface area contributed by atoms with Crippen LogP contribution in [0, 0.1) is 11.8 Å². The van der Waals surface area contributed by atoms with Gasteiger partial charge in [0.1, 0.15) is 0 Å². The van der Waals surface area contributed by atoms with Gasteiger partial charge in [-0.2, -0.15) is 0 Å². The van der Waals surface area contributed by atoms with Crippen LogP contribution in [0.5, 0.6) is 0 Å². The van der Waals surface area contributed by atoms with Crippen LogP contribution in [0.25, 0.3) is 0 Å². The maximum absolute atomic E-state index is 11.3. The first-order chi connectivity index (χ1) is 9.88. The lowest BCUT2D eigenvalue weighted by Gasteiger charge is -2.31. The molecule has 124 valence electrons. The van der Waals surface area contributed by atoms with Gasteiger partial charge in [-0.15, -0.1) is 0 Å². The summed E-state index contributed by atoms with van der Waals surface area (Å²) in [4.78, 5) is 11.3. The van der Waals surface area contributed by atoms with Crippen LogP contribution in [0.15, 0.2) is 0 Å². The van der Waals surface area contributed by atoms with Crippen molar-refractivity contribution in [1.29, 1.82) is 0 Å². The molecule has 1 aliphatic rings. The zero-order chi connectivity index (χ0) is 16.0. The normalized spacial score (nSPS) is 31.9. The molecule has 0 saturated carbocycles. The second-order valence-electron chi connectivity index (χ2n) is 6.26. The summed E-state index contributed by atoms with van der Waals surface area (Å²) in [6.45, 7) is 6.23. The molecule has 1 aliphatic heterocycles. The monoisotopic (exact) mass is 302 g/mol. The third-order valence-corrected chi connectivity index (χ3v) is 4.60. The molecule has 21 heavy (non-hydrogen) atoms. The number of hydrogen-bond donors (Lipinski definition) is 1. The smallest absolute Gasteiger partial charge is 0.308 e. The first kappa shape index (κ1) is 18.4. The summed E-state index contributed by atoms with van der Waals surface area (Å²) < 4.78 is 16.1. The topological polar surface area (TPSA) is 65.0 Å². The number of esters is 1. The molecule has 5 atom stereocenters. The molecule has 0 radical (unpaired) electrons. The Labute approximate surface area is 128 Å². The number of aliphatic hydroxyl groups excluding tert-OH is 1. The Hall–Kier alpha value is -0.650. The van der Waals surface area contributed by atoms with E-state index in [0.717, 1.165) is 25.7 Å². The quantitative estimate of drug-likeness (QED) is 0.698. The van der Waals surface area contributed by atoms with Gasteiger partial charge in [-0.05, 0) is 32.1 Å². The van der Waals surface area contributed by atoms with Gasteiger partial charge in [0, 0.05) is 13.0 Å². The molecule has 0 aromatic heterocycles. The summed E-state index contributed by atoms with van der Waals surface area (Å²) in [6.07, 6.45) is 2.62. The second-order valence-corrected chi connectivity index (χ2v) is 6.26. The highest BCUT2D eigenvalue weighted by Crippen LogP contribution is 2.42. The van der Waals surface area contributed by atoms with Gasteiger partial charge in [0.05, 0.1) is 25.2 Å². The Morgan fingerprint density at radius 2 is 2.10 bits per heavy atom. The van der Waals surface area contributed by atoms with Crippen molar-refractivity contribution >= 4 is 5.97 Å². The maximum Gasteiger partial charge on any atom is 0.308 e. The number of rotatable bonds is 8. The van der Waals surface area contributed by atoms with Gasteiger partial charge in [-0.25, -0.2) is 0 Å².